The van der Waals surface area contributed by atoms with Gasteiger partial charge in [0.2, 0.25) is 5.91 Å². The van der Waals surface area contributed by atoms with E-state index in [1.165, 1.54) is 58.3 Å². The number of amides is 1. The topological polar surface area (TPSA) is 75.2 Å². The lowest BCUT2D eigenvalue weighted by molar-refractivity contribution is -0.122. The van der Waals surface area contributed by atoms with Crippen LogP contribution in [0.4, 0.5) is 0 Å². The minimum absolute atomic E-state index is 0.0995. The first-order valence-corrected chi connectivity index (χ1v) is 12.5. The van der Waals surface area contributed by atoms with Gasteiger partial charge in [-0.05, 0) is 78.7 Å². The van der Waals surface area contributed by atoms with Crippen molar-refractivity contribution in [3.63, 3.8) is 0 Å². The van der Waals surface area contributed by atoms with Crippen LogP contribution in [0.5, 0.6) is 0 Å². The summed E-state index contributed by atoms with van der Waals surface area (Å²) in [5, 5.41) is 9.90. The van der Waals surface area contributed by atoms with Crippen molar-refractivity contribution in [3.8, 4) is 0 Å². The molecule has 3 fully saturated rings. The predicted octanol–water partition coefficient (Wildman–Crippen LogP) is 0.702. The lowest BCUT2D eigenvalue weighted by Crippen LogP contribution is -2.58. The van der Waals surface area contributed by atoms with Crippen LogP contribution in [0.25, 0.3) is 0 Å². The number of likely N-dealkylation sites (N-methyl/N-ethyl adjacent to an activating group) is 1. The molecule has 3 aliphatic rings. The van der Waals surface area contributed by atoms with Crippen molar-refractivity contribution in [1.82, 2.24) is 30.7 Å². The van der Waals surface area contributed by atoms with E-state index in [1.807, 2.05) is 0 Å². The number of guanidine groups is 1. The highest BCUT2D eigenvalue weighted by molar-refractivity contribution is 5.80. The summed E-state index contributed by atoms with van der Waals surface area (Å²) in [6.45, 7) is 11.1. The molecule has 3 rings (SSSR count). The zero-order valence-corrected chi connectivity index (χ0v) is 20.1. The van der Waals surface area contributed by atoms with E-state index in [1.54, 1.807) is 7.05 Å². The van der Waals surface area contributed by atoms with Crippen molar-refractivity contribution < 1.29 is 4.79 Å². The van der Waals surface area contributed by atoms with Crippen LogP contribution >= 0.6 is 0 Å². The van der Waals surface area contributed by atoms with E-state index in [0.717, 1.165) is 45.0 Å². The normalized spacial score (nSPS) is 24.7. The fourth-order valence-corrected chi connectivity index (χ4v) is 5.23. The van der Waals surface area contributed by atoms with Crippen molar-refractivity contribution in [3.05, 3.63) is 0 Å². The van der Waals surface area contributed by atoms with Crippen LogP contribution in [0.15, 0.2) is 4.99 Å². The zero-order chi connectivity index (χ0) is 22.1. The molecule has 3 aliphatic heterocycles. The first-order valence-electron chi connectivity index (χ1n) is 12.5. The quantitative estimate of drug-likeness (QED) is 0.404. The Morgan fingerprint density at radius 3 is 2.32 bits per heavy atom. The van der Waals surface area contributed by atoms with Crippen LogP contribution in [-0.2, 0) is 4.79 Å². The largest absolute Gasteiger partial charge is 0.358 e. The van der Waals surface area contributed by atoms with Crippen molar-refractivity contribution in [2.24, 2.45) is 4.99 Å². The molecule has 3 N–H and O–H groups in total. The molecular formula is C23H45N7O. The van der Waals surface area contributed by atoms with Gasteiger partial charge in [-0.2, -0.15) is 0 Å². The number of aliphatic imine (C=N–C) groups is 1. The summed E-state index contributed by atoms with van der Waals surface area (Å²) in [5.74, 6) is 1.06. The van der Waals surface area contributed by atoms with E-state index in [0.29, 0.717) is 12.6 Å². The molecule has 8 heteroatoms. The van der Waals surface area contributed by atoms with Gasteiger partial charge < -0.3 is 20.9 Å². The van der Waals surface area contributed by atoms with E-state index < -0.39 is 0 Å². The second-order valence-electron chi connectivity index (χ2n) is 9.64. The van der Waals surface area contributed by atoms with Crippen LogP contribution in [0.2, 0.25) is 0 Å². The Bertz CT molecular complexity index is 574. The van der Waals surface area contributed by atoms with Crippen molar-refractivity contribution >= 4 is 11.9 Å². The van der Waals surface area contributed by atoms with Gasteiger partial charge in [0.05, 0.1) is 13.1 Å². The van der Waals surface area contributed by atoms with Crippen LogP contribution in [-0.4, -0.2) is 111 Å². The number of hydrogen-bond donors (Lipinski definition) is 3. The fourth-order valence-electron chi connectivity index (χ4n) is 5.23. The average Bonchev–Trinajstić information content (AvgIpc) is 2.80. The summed E-state index contributed by atoms with van der Waals surface area (Å²) in [5.41, 5.74) is 0.214. The minimum atomic E-state index is 0.0995. The molecule has 31 heavy (non-hydrogen) atoms. The number of likely N-dealkylation sites (tertiary alicyclic amines) is 3. The maximum Gasteiger partial charge on any atom is 0.233 e. The standard InChI is InChI=1S/C23H45N7O/c1-4-25-22(27-20-8-14-29(15-9-20)18-21(31)24-2)26-19-23(10-16-28(3)17-11-23)30-12-6-5-7-13-30/h20H,4-19H2,1-3H3,(H,24,31)(H2,25,26,27). The third kappa shape index (κ3) is 7.05. The molecule has 1 amide bonds. The number of piperidine rings is 3. The highest BCUT2D eigenvalue weighted by Crippen LogP contribution is 2.31. The fraction of sp³-hybridized carbons (Fsp3) is 0.913. The number of nitrogens with zero attached hydrogens (tertiary/aromatic N) is 4. The van der Waals surface area contributed by atoms with Gasteiger partial charge in [-0.3, -0.25) is 19.6 Å². The van der Waals surface area contributed by atoms with Crippen LogP contribution in [0.1, 0.15) is 51.9 Å². The minimum Gasteiger partial charge on any atom is -0.358 e. The van der Waals surface area contributed by atoms with E-state index in [9.17, 15) is 4.79 Å². The Morgan fingerprint density at radius 1 is 1.03 bits per heavy atom. The summed E-state index contributed by atoms with van der Waals surface area (Å²) in [6, 6.07) is 0.419. The molecule has 0 spiro atoms. The molecule has 0 aromatic rings. The van der Waals surface area contributed by atoms with E-state index in [-0.39, 0.29) is 11.4 Å². The Balaban J connectivity index is 1.59. The second-order valence-corrected chi connectivity index (χ2v) is 9.64. The molecule has 3 heterocycles. The molecule has 0 saturated carbocycles. The molecule has 3 saturated heterocycles. The lowest BCUT2D eigenvalue weighted by Gasteiger charge is -2.49. The molecule has 8 nitrogen and oxygen atoms in total. The zero-order valence-electron chi connectivity index (χ0n) is 20.1. The first-order chi connectivity index (χ1) is 15.0. The van der Waals surface area contributed by atoms with Gasteiger partial charge in [-0.25, -0.2) is 0 Å². The molecule has 0 aliphatic carbocycles. The van der Waals surface area contributed by atoms with Gasteiger partial charge in [-0.1, -0.05) is 6.42 Å². The monoisotopic (exact) mass is 435 g/mol. The second kappa shape index (κ2) is 12.0. The number of nitrogens with one attached hydrogen (secondary N) is 3. The van der Waals surface area contributed by atoms with E-state index in [4.69, 9.17) is 4.99 Å². The van der Waals surface area contributed by atoms with Crippen molar-refractivity contribution in [2.75, 3.05) is 73.0 Å². The van der Waals surface area contributed by atoms with Crippen LogP contribution in [0.3, 0.4) is 0 Å². The molecule has 0 unspecified atom stereocenters. The maximum absolute atomic E-state index is 11.6. The third-order valence-corrected chi connectivity index (χ3v) is 7.39. The lowest BCUT2D eigenvalue weighted by atomic mass is 9.84. The molecule has 0 radical (unpaired) electrons. The van der Waals surface area contributed by atoms with Crippen LogP contribution in [0, 0.1) is 0 Å². The summed E-state index contributed by atoms with van der Waals surface area (Å²) in [6.07, 6.45) is 8.54. The van der Waals surface area contributed by atoms with E-state index >= 15 is 0 Å². The summed E-state index contributed by atoms with van der Waals surface area (Å²) in [4.78, 5) is 24.2. The van der Waals surface area contributed by atoms with Gasteiger partial charge >= 0.3 is 0 Å². The van der Waals surface area contributed by atoms with Gasteiger partial charge in [0.15, 0.2) is 5.96 Å². The number of rotatable bonds is 7. The van der Waals surface area contributed by atoms with Gasteiger partial charge in [-0.15, -0.1) is 0 Å². The SMILES string of the molecule is CCNC(=NCC1(N2CCCCC2)CCN(C)CC1)NC1CCN(CC(=O)NC)CC1. The summed E-state index contributed by atoms with van der Waals surface area (Å²) < 4.78 is 0. The van der Waals surface area contributed by atoms with E-state index in [2.05, 4.69) is 44.6 Å². The first kappa shape index (κ1) is 24.3. The van der Waals surface area contributed by atoms with Gasteiger partial charge in [0, 0.05) is 38.3 Å². The molecule has 0 bridgehead atoms. The van der Waals surface area contributed by atoms with Crippen molar-refractivity contribution in [2.45, 2.75) is 63.5 Å². The highest BCUT2D eigenvalue weighted by Gasteiger charge is 2.39. The van der Waals surface area contributed by atoms with Crippen LogP contribution < -0.4 is 16.0 Å². The number of hydrogen-bond acceptors (Lipinski definition) is 5. The Kier molecular flexibility index (Phi) is 9.41. The average molecular weight is 436 g/mol. The predicted molar refractivity (Wildman–Crippen MR) is 128 cm³/mol. The molecular weight excluding hydrogens is 390 g/mol. The van der Waals surface area contributed by atoms with Gasteiger partial charge in [0.1, 0.15) is 0 Å². The summed E-state index contributed by atoms with van der Waals surface area (Å²) >= 11 is 0. The van der Waals surface area contributed by atoms with Gasteiger partial charge in [0.25, 0.3) is 0 Å². The Morgan fingerprint density at radius 2 is 1.71 bits per heavy atom. The number of carbonyl (C=O) groups is 1. The summed E-state index contributed by atoms with van der Waals surface area (Å²) in [7, 11) is 3.95. The highest BCUT2D eigenvalue weighted by atomic mass is 16.1. The molecule has 0 atom stereocenters. The Hall–Kier alpha value is -1.38. The maximum atomic E-state index is 11.6. The molecule has 0 aromatic heterocycles. The third-order valence-electron chi connectivity index (χ3n) is 7.39. The smallest absolute Gasteiger partial charge is 0.233 e. The number of carbonyl (C=O) groups excluding carboxylic acids is 1. The molecule has 0 aromatic carbocycles. The molecule has 178 valence electrons. The Labute approximate surface area is 189 Å². The van der Waals surface area contributed by atoms with Crippen molar-refractivity contribution in [1.29, 1.82) is 0 Å².